The lowest BCUT2D eigenvalue weighted by Crippen LogP contribution is -2.47. The molecule has 2 nitrogen and oxygen atoms in total. The summed E-state index contributed by atoms with van der Waals surface area (Å²) < 4.78 is 13.3. The lowest BCUT2D eigenvalue weighted by atomic mass is 10.1. The molecule has 1 fully saturated rings. The second-order valence-electron chi connectivity index (χ2n) is 7.20. The van der Waals surface area contributed by atoms with Crippen molar-refractivity contribution < 1.29 is 9.16 Å². The molecule has 0 aliphatic carbocycles. The van der Waals surface area contributed by atoms with Gasteiger partial charge in [0.05, 0.1) is 6.10 Å². The lowest BCUT2D eigenvalue weighted by Gasteiger charge is -2.42. The summed E-state index contributed by atoms with van der Waals surface area (Å²) >= 11 is 2.27. The van der Waals surface area contributed by atoms with Crippen LogP contribution in [0.5, 0.6) is 0 Å². The third-order valence-corrected chi connectivity index (χ3v) is 11.6. The van der Waals surface area contributed by atoms with Gasteiger partial charge in [-0.15, -0.1) is 0 Å². The number of hydrogen-bond acceptors (Lipinski definition) is 2. The van der Waals surface area contributed by atoms with Crippen molar-refractivity contribution >= 4 is 30.9 Å². The zero-order valence-corrected chi connectivity index (χ0v) is 17.8. The molecule has 0 aromatic heterocycles. The fourth-order valence-electron chi connectivity index (χ4n) is 3.83. The van der Waals surface area contributed by atoms with E-state index >= 15 is 0 Å². The Hall–Kier alpha value is 0.607. The van der Waals surface area contributed by atoms with Crippen molar-refractivity contribution in [1.29, 1.82) is 0 Å². The molecule has 1 saturated heterocycles. The van der Waals surface area contributed by atoms with Gasteiger partial charge in [-0.25, -0.2) is 0 Å². The van der Waals surface area contributed by atoms with Crippen LogP contribution in [0, 0.1) is 0 Å². The van der Waals surface area contributed by atoms with Gasteiger partial charge in [-0.05, 0) is 58.5 Å². The molecule has 124 valence electrons. The molecule has 0 aromatic rings. The Morgan fingerprint density at radius 2 is 1.62 bits per heavy atom. The molecule has 21 heavy (non-hydrogen) atoms. The maximum absolute atomic E-state index is 6.57. The van der Waals surface area contributed by atoms with Crippen LogP contribution in [0.1, 0.15) is 60.8 Å². The van der Waals surface area contributed by atoms with Crippen LogP contribution in [0.3, 0.4) is 0 Å². The molecule has 0 spiro atoms. The molecule has 0 bridgehead atoms. The summed E-state index contributed by atoms with van der Waals surface area (Å²) in [6.07, 6.45) is 4.25. The number of hydrogen-bond donors (Lipinski definition) is 0. The minimum absolute atomic E-state index is 0.321. The molecule has 2 atom stereocenters. The molecular weight excluding hydrogens is 391 g/mol. The van der Waals surface area contributed by atoms with Crippen LogP contribution < -0.4 is 0 Å². The van der Waals surface area contributed by atoms with Crippen LogP contribution in [-0.4, -0.2) is 27.1 Å². The van der Waals surface area contributed by atoms with E-state index in [1.807, 2.05) is 0 Å². The predicted octanol–water partition coefficient (Wildman–Crippen LogP) is 6.06. The van der Waals surface area contributed by atoms with E-state index in [2.05, 4.69) is 70.7 Å². The average Bonchev–Trinajstić information content (AvgIpc) is 3.11. The first-order chi connectivity index (χ1) is 9.73. The number of ether oxygens (including phenoxy) is 1. The van der Waals surface area contributed by atoms with Crippen LogP contribution in [-0.2, 0) is 9.16 Å². The Balaban J connectivity index is 2.33. The fraction of sp³-hybridized carbons (Fsp3) is 0.882. The summed E-state index contributed by atoms with van der Waals surface area (Å²) in [7, 11) is -1.67. The second-order valence-corrected chi connectivity index (χ2v) is 14.0. The van der Waals surface area contributed by atoms with Crippen molar-refractivity contribution in [3.8, 4) is 0 Å². The standard InChI is InChI=1S/C17H33IO2Si/c1-12(2)21(13(3)4,14(5)6)19-11-9-8-10-16-17(20-16)15(7)18/h12-14,16-17H,7-11H2,1-6H3/t16-,17-/m1/s1. The van der Waals surface area contributed by atoms with E-state index in [1.165, 1.54) is 6.42 Å². The molecule has 0 radical (unpaired) electrons. The maximum Gasteiger partial charge on any atom is 0.200 e. The first-order valence-corrected chi connectivity index (χ1v) is 11.6. The van der Waals surface area contributed by atoms with Crippen LogP contribution in [0.2, 0.25) is 16.6 Å². The molecule has 1 rings (SSSR count). The smallest absolute Gasteiger partial charge is 0.200 e. The zero-order chi connectivity index (χ0) is 16.2. The van der Waals surface area contributed by atoms with E-state index in [0.29, 0.717) is 28.8 Å². The summed E-state index contributed by atoms with van der Waals surface area (Å²) in [6, 6.07) is 0. The molecule has 4 heteroatoms. The van der Waals surface area contributed by atoms with Crippen molar-refractivity contribution in [2.24, 2.45) is 0 Å². The van der Waals surface area contributed by atoms with Crippen molar-refractivity contribution in [2.75, 3.05) is 6.61 Å². The first-order valence-electron chi connectivity index (χ1n) is 8.37. The Bertz CT molecular complexity index is 320. The van der Waals surface area contributed by atoms with Gasteiger partial charge in [-0.2, -0.15) is 0 Å². The molecule has 0 aromatic carbocycles. The predicted molar refractivity (Wildman–Crippen MR) is 103 cm³/mol. The Labute approximate surface area is 146 Å². The maximum atomic E-state index is 6.57. The van der Waals surface area contributed by atoms with Gasteiger partial charge in [-0.3, -0.25) is 0 Å². The Morgan fingerprint density at radius 1 is 1.10 bits per heavy atom. The highest BCUT2D eigenvalue weighted by Gasteiger charge is 2.45. The Kier molecular flexibility index (Phi) is 7.91. The lowest BCUT2D eigenvalue weighted by molar-refractivity contribution is 0.265. The van der Waals surface area contributed by atoms with E-state index in [1.54, 1.807) is 0 Å². The minimum atomic E-state index is -1.67. The van der Waals surface area contributed by atoms with Crippen molar-refractivity contribution in [1.82, 2.24) is 0 Å². The van der Waals surface area contributed by atoms with Crippen molar-refractivity contribution in [3.63, 3.8) is 0 Å². The van der Waals surface area contributed by atoms with Crippen LogP contribution >= 0.6 is 22.6 Å². The molecule has 1 aliphatic rings. The van der Waals surface area contributed by atoms with Crippen LogP contribution in [0.15, 0.2) is 10.2 Å². The van der Waals surface area contributed by atoms with Gasteiger partial charge in [0.2, 0.25) is 0 Å². The molecule has 0 amide bonds. The minimum Gasteiger partial charge on any atom is -0.416 e. The van der Waals surface area contributed by atoms with E-state index < -0.39 is 8.32 Å². The third-order valence-electron chi connectivity index (χ3n) is 4.83. The summed E-state index contributed by atoms with van der Waals surface area (Å²) in [5.74, 6) is 0. The quantitative estimate of drug-likeness (QED) is 0.184. The first kappa shape index (κ1) is 19.7. The van der Waals surface area contributed by atoms with E-state index in [4.69, 9.17) is 9.16 Å². The monoisotopic (exact) mass is 424 g/mol. The van der Waals surface area contributed by atoms with E-state index in [-0.39, 0.29) is 0 Å². The van der Waals surface area contributed by atoms with Crippen LogP contribution in [0.4, 0.5) is 0 Å². The molecule has 1 heterocycles. The number of rotatable bonds is 10. The molecule has 0 saturated carbocycles. The summed E-state index contributed by atoms with van der Waals surface area (Å²) in [4.78, 5) is 0. The summed E-state index contributed by atoms with van der Waals surface area (Å²) in [6.45, 7) is 19.0. The normalized spacial score (nSPS) is 22.4. The van der Waals surface area contributed by atoms with Gasteiger partial charge in [0.15, 0.2) is 8.32 Å². The zero-order valence-electron chi connectivity index (χ0n) is 14.6. The van der Waals surface area contributed by atoms with Crippen molar-refractivity contribution in [3.05, 3.63) is 10.2 Å². The third kappa shape index (κ3) is 5.04. The summed E-state index contributed by atoms with van der Waals surface area (Å²) in [5.41, 5.74) is 2.03. The largest absolute Gasteiger partial charge is 0.416 e. The van der Waals surface area contributed by atoms with E-state index in [9.17, 15) is 0 Å². The topological polar surface area (TPSA) is 21.8 Å². The van der Waals surface area contributed by atoms with Gasteiger partial charge in [0.1, 0.15) is 6.10 Å². The van der Waals surface area contributed by atoms with Gasteiger partial charge in [0.25, 0.3) is 0 Å². The molecular formula is C17H33IO2Si. The number of epoxide rings is 1. The molecule has 0 N–H and O–H groups in total. The number of halogens is 1. The highest BCUT2D eigenvalue weighted by atomic mass is 127. The fourth-order valence-corrected chi connectivity index (χ4v) is 9.88. The van der Waals surface area contributed by atoms with Gasteiger partial charge in [-0.1, -0.05) is 48.1 Å². The second kappa shape index (κ2) is 8.46. The molecule has 0 unspecified atom stereocenters. The van der Waals surface area contributed by atoms with Crippen molar-refractivity contribution in [2.45, 2.75) is 89.6 Å². The number of unbranched alkanes of at least 4 members (excludes halogenated alkanes) is 1. The summed E-state index contributed by atoms with van der Waals surface area (Å²) in [5, 5.41) is 0. The van der Waals surface area contributed by atoms with Crippen LogP contribution in [0.25, 0.3) is 0 Å². The SMILES string of the molecule is C=C(I)[C@H]1O[C@@H]1CCCCO[Si](C(C)C)(C(C)C)C(C)C. The Morgan fingerprint density at radius 3 is 2.00 bits per heavy atom. The average molecular weight is 424 g/mol. The highest BCUT2D eigenvalue weighted by Crippen LogP contribution is 2.42. The molecule has 1 aliphatic heterocycles. The van der Waals surface area contributed by atoms with Gasteiger partial charge < -0.3 is 9.16 Å². The van der Waals surface area contributed by atoms with Gasteiger partial charge in [0, 0.05) is 10.2 Å². The van der Waals surface area contributed by atoms with Gasteiger partial charge >= 0.3 is 0 Å². The van der Waals surface area contributed by atoms with E-state index in [0.717, 1.165) is 23.0 Å². The highest BCUT2D eigenvalue weighted by molar-refractivity contribution is 14.1.